The highest BCUT2D eigenvalue weighted by atomic mass is 35.5. The Balaban J connectivity index is 0.00000180. The molecule has 0 bridgehead atoms. The van der Waals surface area contributed by atoms with E-state index < -0.39 is 11.7 Å². The van der Waals surface area contributed by atoms with Gasteiger partial charge in [-0.15, -0.1) is 12.4 Å². The van der Waals surface area contributed by atoms with Gasteiger partial charge in [0.15, 0.2) is 0 Å². The predicted molar refractivity (Wildman–Crippen MR) is 73.6 cm³/mol. The van der Waals surface area contributed by atoms with Crippen LogP contribution >= 0.6 is 12.4 Å². The van der Waals surface area contributed by atoms with Gasteiger partial charge in [0.1, 0.15) is 17.1 Å². The van der Waals surface area contributed by atoms with Crippen LogP contribution in [0, 0.1) is 5.82 Å². The van der Waals surface area contributed by atoms with E-state index in [-0.39, 0.29) is 29.8 Å². The number of piperidine rings is 1. The number of amides is 1. The third kappa shape index (κ3) is 3.81. The summed E-state index contributed by atoms with van der Waals surface area (Å²) in [5, 5.41) is 6.06. The molecule has 6 heteroatoms. The molecule has 0 aliphatic carbocycles. The monoisotopic (exact) mass is 288 g/mol. The van der Waals surface area contributed by atoms with Gasteiger partial charge in [-0.25, -0.2) is 4.39 Å². The van der Waals surface area contributed by atoms with Crippen molar-refractivity contribution < 1.29 is 13.9 Å². The van der Waals surface area contributed by atoms with E-state index in [2.05, 4.69) is 10.6 Å². The van der Waals surface area contributed by atoms with Crippen molar-refractivity contribution in [2.24, 2.45) is 0 Å². The first-order chi connectivity index (χ1) is 8.72. The molecule has 19 heavy (non-hydrogen) atoms. The lowest BCUT2D eigenvalue weighted by Gasteiger charge is -2.24. The Morgan fingerprint density at radius 3 is 2.74 bits per heavy atom. The Bertz CT molecular complexity index is 437. The fourth-order valence-corrected chi connectivity index (χ4v) is 2.12. The highest BCUT2D eigenvalue weighted by molar-refractivity contribution is 5.97. The minimum Gasteiger partial charge on any atom is -0.496 e. The summed E-state index contributed by atoms with van der Waals surface area (Å²) < 4.78 is 18.7. The summed E-state index contributed by atoms with van der Waals surface area (Å²) in [5.41, 5.74) is -0.0152. The summed E-state index contributed by atoms with van der Waals surface area (Å²) in [4.78, 5) is 12.1. The zero-order valence-electron chi connectivity index (χ0n) is 10.7. The molecule has 0 aromatic heterocycles. The first-order valence-electron chi connectivity index (χ1n) is 6.06. The van der Waals surface area contributed by atoms with Crippen LogP contribution in [0.25, 0.3) is 0 Å². The predicted octanol–water partition coefficient (Wildman–Crippen LogP) is 1.74. The Morgan fingerprint density at radius 1 is 1.42 bits per heavy atom. The van der Waals surface area contributed by atoms with Gasteiger partial charge >= 0.3 is 0 Å². The molecule has 0 radical (unpaired) electrons. The molecule has 2 rings (SSSR count). The molecule has 1 aliphatic heterocycles. The molecule has 0 unspecified atom stereocenters. The molecular formula is C13H18ClFN2O2. The van der Waals surface area contributed by atoms with Crippen molar-refractivity contribution in [1.29, 1.82) is 0 Å². The third-order valence-electron chi connectivity index (χ3n) is 3.10. The van der Waals surface area contributed by atoms with Gasteiger partial charge in [-0.05, 0) is 38.1 Å². The highest BCUT2D eigenvalue weighted by Crippen LogP contribution is 2.21. The van der Waals surface area contributed by atoms with Crippen LogP contribution in [-0.4, -0.2) is 32.1 Å². The largest absolute Gasteiger partial charge is 0.496 e. The quantitative estimate of drug-likeness (QED) is 0.891. The van der Waals surface area contributed by atoms with Crippen molar-refractivity contribution in [1.82, 2.24) is 10.6 Å². The van der Waals surface area contributed by atoms with Crippen LogP contribution in [0.3, 0.4) is 0 Å². The van der Waals surface area contributed by atoms with Crippen LogP contribution in [0.1, 0.15) is 23.2 Å². The van der Waals surface area contributed by atoms with Crippen molar-refractivity contribution in [3.63, 3.8) is 0 Å². The number of nitrogens with one attached hydrogen (secondary N) is 2. The van der Waals surface area contributed by atoms with E-state index in [0.29, 0.717) is 0 Å². The summed E-state index contributed by atoms with van der Waals surface area (Å²) in [7, 11) is 1.43. The first-order valence-corrected chi connectivity index (χ1v) is 6.06. The number of carbonyl (C=O) groups is 1. The summed E-state index contributed by atoms with van der Waals surface area (Å²) in [6.45, 7) is 1.75. The van der Waals surface area contributed by atoms with Crippen LogP contribution in [0.5, 0.6) is 5.75 Å². The van der Waals surface area contributed by atoms with E-state index in [9.17, 15) is 9.18 Å². The molecule has 1 aromatic carbocycles. The minimum absolute atomic E-state index is 0. The molecule has 4 nitrogen and oxygen atoms in total. The molecule has 1 aromatic rings. The van der Waals surface area contributed by atoms with Gasteiger partial charge in [0.05, 0.1) is 7.11 Å². The molecule has 0 spiro atoms. The van der Waals surface area contributed by atoms with E-state index >= 15 is 0 Å². The average Bonchev–Trinajstić information content (AvgIpc) is 2.39. The SMILES string of the molecule is COc1cccc(F)c1C(=O)NC1CCNCC1.Cl. The zero-order valence-corrected chi connectivity index (χ0v) is 11.6. The minimum atomic E-state index is -0.555. The van der Waals surface area contributed by atoms with E-state index in [1.165, 1.54) is 19.2 Å². The number of ether oxygens (including phenoxy) is 1. The summed E-state index contributed by atoms with van der Waals surface area (Å²) in [6.07, 6.45) is 1.73. The maximum atomic E-state index is 13.7. The number of carbonyl (C=O) groups excluding carboxylic acids is 1. The lowest BCUT2D eigenvalue weighted by atomic mass is 10.1. The van der Waals surface area contributed by atoms with Gasteiger partial charge in [-0.1, -0.05) is 6.07 Å². The normalized spacial score (nSPS) is 15.5. The summed E-state index contributed by atoms with van der Waals surface area (Å²) >= 11 is 0. The van der Waals surface area contributed by atoms with Crippen molar-refractivity contribution >= 4 is 18.3 Å². The van der Waals surface area contributed by atoms with Crippen LogP contribution in [0.4, 0.5) is 4.39 Å². The second kappa shape index (κ2) is 7.31. The fraction of sp³-hybridized carbons (Fsp3) is 0.462. The maximum Gasteiger partial charge on any atom is 0.258 e. The fourth-order valence-electron chi connectivity index (χ4n) is 2.12. The Labute approximate surface area is 118 Å². The van der Waals surface area contributed by atoms with E-state index in [1.54, 1.807) is 6.07 Å². The standard InChI is InChI=1S/C13H17FN2O2.ClH/c1-18-11-4-2-3-10(14)12(11)13(17)16-9-5-7-15-8-6-9;/h2-4,9,15H,5-8H2,1H3,(H,16,17);1H. The van der Waals surface area contributed by atoms with Crippen molar-refractivity contribution in [3.05, 3.63) is 29.6 Å². The van der Waals surface area contributed by atoms with Gasteiger partial charge < -0.3 is 15.4 Å². The number of hydrogen-bond acceptors (Lipinski definition) is 3. The molecule has 106 valence electrons. The van der Waals surface area contributed by atoms with Gasteiger partial charge in [-0.3, -0.25) is 4.79 Å². The smallest absolute Gasteiger partial charge is 0.258 e. The third-order valence-corrected chi connectivity index (χ3v) is 3.10. The second-order valence-corrected chi connectivity index (χ2v) is 4.31. The summed E-state index contributed by atoms with van der Waals surface area (Å²) in [6, 6.07) is 4.47. The number of rotatable bonds is 3. The number of benzene rings is 1. The lowest BCUT2D eigenvalue weighted by Crippen LogP contribution is -2.43. The molecule has 0 atom stereocenters. The molecule has 2 N–H and O–H groups in total. The lowest BCUT2D eigenvalue weighted by molar-refractivity contribution is 0.0922. The number of hydrogen-bond donors (Lipinski definition) is 2. The molecule has 1 heterocycles. The average molecular weight is 289 g/mol. The highest BCUT2D eigenvalue weighted by Gasteiger charge is 2.21. The van der Waals surface area contributed by atoms with Gasteiger partial charge in [-0.2, -0.15) is 0 Å². The second-order valence-electron chi connectivity index (χ2n) is 4.31. The molecule has 1 amide bonds. The summed E-state index contributed by atoms with van der Waals surface area (Å²) in [5.74, 6) is -0.695. The number of methoxy groups -OCH3 is 1. The Kier molecular flexibility index (Phi) is 6.05. The Morgan fingerprint density at radius 2 is 2.11 bits per heavy atom. The molecular weight excluding hydrogens is 271 g/mol. The topological polar surface area (TPSA) is 50.4 Å². The molecule has 1 fully saturated rings. The van der Waals surface area contributed by atoms with Crippen LogP contribution in [0.15, 0.2) is 18.2 Å². The van der Waals surface area contributed by atoms with Crippen molar-refractivity contribution in [2.75, 3.05) is 20.2 Å². The Hall–Kier alpha value is -1.33. The van der Waals surface area contributed by atoms with E-state index in [4.69, 9.17) is 4.74 Å². The van der Waals surface area contributed by atoms with Crippen LogP contribution < -0.4 is 15.4 Å². The number of halogens is 2. The zero-order chi connectivity index (χ0) is 13.0. The van der Waals surface area contributed by atoms with Gasteiger partial charge in [0, 0.05) is 6.04 Å². The molecule has 0 saturated carbocycles. The van der Waals surface area contributed by atoms with Gasteiger partial charge in [0.2, 0.25) is 0 Å². The van der Waals surface area contributed by atoms with Gasteiger partial charge in [0.25, 0.3) is 5.91 Å². The molecule has 1 saturated heterocycles. The van der Waals surface area contributed by atoms with E-state index in [1.807, 2.05) is 0 Å². The van der Waals surface area contributed by atoms with E-state index in [0.717, 1.165) is 25.9 Å². The molecule has 1 aliphatic rings. The first kappa shape index (κ1) is 15.7. The van der Waals surface area contributed by atoms with Crippen LogP contribution in [0.2, 0.25) is 0 Å². The van der Waals surface area contributed by atoms with Crippen LogP contribution in [-0.2, 0) is 0 Å². The van der Waals surface area contributed by atoms with Crippen molar-refractivity contribution in [3.8, 4) is 5.75 Å². The van der Waals surface area contributed by atoms with Crippen molar-refractivity contribution in [2.45, 2.75) is 18.9 Å². The maximum absolute atomic E-state index is 13.7.